The van der Waals surface area contributed by atoms with Crippen molar-refractivity contribution in [2.24, 2.45) is 0 Å². The van der Waals surface area contributed by atoms with Crippen molar-refractivity contribution in [3.8, 4) is 0 Å². The molecule has 0 aliphatic heterocycles. The first kappa shape index (κ1) is 24.3. The van der Waals surface area contributed by atoms with Gasteiger partial charge in [0.15, 0.2) is 5.78 Å². The maximum absolute atomic E-state index is 13.2. The number of benzene rings is 2. The number of carbonyl (C=O) groups excluding carboxylic acids is 1. The summed E-state index contributed by atoms with van der Waals surface area (Å²) in [5.41, 5.74) is 7.14. The number of aromatic nitrogens is 2. The molecule has 1 heterocycles. The highest BCUT2D eigenvalue weighted by atomic mass is 19.4. The molecule has 9 heteroatoms. The number of nitrogens with zero attached hydrogens (tertiary/aromatic N) is 2. The topological polar surface area (TPSA) is 92.9 Å². The summed E-state index contributed by atoms with van der Waals surface area (Å²) in [5.74, 6) is 0.887. The number of halogens is 3. The lowest BCUT2D eigenvalue weighted by Gasteiger charge is -2.20. The monoisotopic (exact) mass is 459 g/mol. The normalized spacial score (nSPS) is 12.8. The van der Waals surface area contributed by atoms with E-state index in [2.05, 4.69) is 20.6 Å². The minimum absolute atomic E-state index is 0.0254. The molecule has 0 spiro atoms. The zero-order valence-corrected chi connectivity index (χ0v) is 19.3. The van der Waals surface area contributed by atoms with Crippen LogP contribution in [0.2, 0.25) is 0 Å². The summed E-state index contributed by atoms with van der Waals surface area (Å²) < 4.78 is 39.7. The molecule has 2 aromatic carbocycles. The number of nitrogens with two attached hydrogens (primary N) is 1. The minimum Gasteiger partial charge on any atom is -0.399 e. The van der Waals surface area contributed by atoms with Crippen LogP contribution in [0.25, 0.3) is 10.9 Å². The van der Waals surface area contributed by atoms with Crippen LogP contribution >= 0.6 is 0 Å². The molecule has 1 atom stereocenters. The Balaban J connectivity index is 2.09. The molecule has 0 amide bonds. The molecule has 6 nitrogen and oxygen atoms in total. The van der Waals surface area contributed by atoms with E-state index in [0.717, 1.165) is 12.1 Å². The smallest absolute Gasteiger partial charge is 0.399 e. The van der Waals surface area contributed by atoms with Gasteiger partial charge in [-0.15, -0.1) is 0 Å². The van der Waals surface area contributed by atoms with Crippen molar-refractivity contribution in [2.45, 2.75) is 59.3 Å². The first-order valence-electron chi connectivity index (χ1n) is 10.7. The third-order valence-corrected chi connectivity index (χ3v) is 5.17. The number of ketones is 1. The van der Waals surface area contributed by atoms with Crippen molar-refractivity contribution in [1.82, 2.24) is 9.97 Å². The van der Waals surface area contributed by atoms with Crippen molar-refractivity contribution >= 4 is 33.9 Å². The van der Waals surface area contributed by atoms with Crippen molar-refractivity contribution < 1.29 is 18.0 Å². The second-order valence-corrected chi connectivity index (χ2v) is 8.36. The van der Waals surface area contributed by atoms with E-state index in [-0.39, 0.29) is 17.5 Å². The van der Waals surface area contributed by atoms with Gasteiger partial charge in [-0.3, -0.25) is 4.79 Å². The van der Waals surface area contributed by atoms with Crippen LogP contribution in [0.15, 0.2) is 30.3 Å². The summed E-state index contributed by atoms with van der Waals surface area (Å²) in [4.78, 5) is 21.6. The van der Waals surface area contributed by atoms with Crippen LogP contribution in [-0.4, -0.2) is 21.8 Å². The SMILES string of the molecule is CCC(=O)c1cc2c(N[C@H](C)c3cc(N)cc(C(F)(F)F)c3)nc(C)nc2cc1NC(C)C. The van der Waals surface area contributed by atoms with Gasteiger partial charge in [-0.1, -0.05) is 6.92 Å². The maximum atomic E-state index is 13.2. The number of rotatable bonds is 7. The van der Waals surface area contributed by atoms with Gasteiger partial charge in [0.05, 0.1) is 17.1 Å². The minimum atomic E-state index is -4.50. The average molecular weight is 460 g/mol. The molecule has 0 saturated heterocycles. The van der Waals surface area contributed by atoms with E-state index < -0.39 is 17.8 Å². The van der Waals surface area contributed by atoms with Gasteiger partial charge in [0.25, 0.3) is 0 Å². The highest BCUT2D eigenvalue weighted by Gasteiger charge is 2.31. The predicted molar refractivity (Wildman–Crippen MR) is 126 cm³/mol. The molecule has 0 radical (unpaired) electrons. The summed E-state index contributed by atoms with van der Waals surface area (Å²) in [6.45, 7) is 9.20. The van der Waals surface area contributed by atoms with E-state index in [1.54, 1.807) is 26.8 Å². The Morgan fingerprint density at radius 3 is 2.36 bits per heavy atom. The van der Waals surface area contributed by atoms with Gasteiger partial charge >= 0.3 is 6.18 Å². The molecule has 0 fully saturated rings. The molecule has 0 aliphatic rings. The molecule has 4 N–H and O–H groups in total. The Morgan fingerprint density at radius 2 is 1.76 bits per heavy atom. The number of anilines is 3. The average Bonchev–Trinajstić information content (AvgIpc) is 2.71. The molecule has 3 aromatic rings. The first-order valence-corrected chi connectivity index (χ1v) is 10.7. The molecule has 1 aromatic heterocycles. The molecule has 0 unspecified atom stereocenters. The number of nitrogens with one attached hydrogen (secondary N) is 2. The molecule has 0 aliphatic carbocycles. The van der Waals surface area contributed by atoms with Crippen molar-refractivity contribution in [2.75, 3.05) is 16.4 Å². The molecule has 33 heavy (non-hydrogen) atoms. The lowest BCUT2D eigenvalue weighted by molar-refractivity contribution is -0.137. The Bertz CT molecular complexity index is 1190. The number of alkyl halides is 3. The van der Waals surface area contributed by atoms with Gasteiger partial charge in [-0.05, 0) is 63.6 Å². The van der Waals surface area contributed by atoms with Gasteiger partial charge in [0.2, 0.25) is 0 Å². The predicted octanol–water partition coefficient (Wildman–Crippen LogP) is 6.13. The molecule has 0 bridgehead atoms. The number of carbonyl (C=O) groups is 1. The van der Waals surface area contributed by atoms with Crippen molar-refractivity contribution in [3.63, 3.8) is 0 Å². The Labute approximate surface area is 190 Å². The molecular formula is C24H28F3N5O. The van der Waals surface area contributed by atoms with E-state index in [9.17, 15) is 18.0 Å². The number of fused-ring (bicyclic) bond motifs is 1. The quantitative estimate of drug-likeness (QED) is 0.291. The van der Waals surface area contributed by atoms with Gasteiger partial charge in [-0.2, -0.15) is 13.2 Å². The van der Waals surface area contributed by atoms with E-state index in [4.69, 9.17) is 5.73 Å². The van der Waals surface area contributed by atoms with Gasteiger partial charge < -0.3 is 16.4 Å². The third-order valence-electron chi connectivity index (χ3n) is 5.17. The maximum Gasteiger partial charge on any atom is 0.416 e. The van der Waals surface area contributed by atoms with E-state index in [1.807, 2.05) is 19.9 Å². The van der Waals surface area contributed by atoms with Crippen molar-refractivity contribution in [3.05, 3.63) is 52.8 Å². The molecule has 3 rings (SSSR count). The van der Waals surface area contributed by atoms with Gasteiger partial charge in [0, 0.05) is 34.8 Å². The van der Waals surface area contributed by atoms with Crippen LogP contribution in [0.1, 0.15) is 67.5 Å². The zero-order chi connectivity index (χ0) is 24.5. The fraction of sp³-hybridized carbons (Fsp3) is 0.375. The lowest BCUT2D eigenvalue weighted by Crippen LogP contribution is -2.15. The highest BCUT2D eigenvalue weighted by molar-refractivity contribution is 6.06. The number of Topliss-reactive ketones (excluding diaryl/α,β-unsaturated/α-hetero) is 1. The second kappa shape index (κ2) is 9.25. The zero-order valence-electron chi connectivity index (χ0n) is 19.3. The summed E-state index contributed by atoms with van der Waals surface area (Å²) in [6.07, 6.45) is -4.18. The number of aryl methyl sites for hydroxylation is 1. The van der Waals surface area contributed by atoms with Crippen LogP contribution in [0.3, 0.4) is 0 Å². The van der Waals surface area contributed by atoms with E-state index >= 15 is 0 Å². The van der Waals surface area contributed by atoms with Crippen LogP contribution < -0.4 is 16.4 Å². The van der Waals surface area contributed by atoms with E-state index in [1.165, 1.54) is 6.07 Å². The molecule has 0 saturated carbocycles. The van der Waals surface area contributed by atoms with Crippen LogP contribution in [0.4, 0.5) is 30.4 Å². The number of nitrogen functional groups attached to an aromatic ring is 1. The fourth-order valence-electron chi connectivity index (χ4n) is 3.63. The van der Waals surface area contributed by atoms with Crippen molar-refractivity contribution in [1.29, 1.82) is 0 Å². The Kier molecular flexibility index (Phi) is 6.81. The number of hydrogen-bond acceptors (Lipinski definition) is 6. The fourth-order valence-corrected chi connectivity index (χ4v) is 3.63. The van der Waals surface area contributed by atoms with Gasteiger partial charge in [-0.25, -0.2) is 9.97 Å². The molecule has 176 valence electrons. The molecular weight excluding hydrogens is 431 g/mol. The standard InChI is InChI=1S/C24H28F3N5O/c1-6-22(33)18-10-19-21(11-20(18)29-12(2)3)31-14(5)32-23(19)30-13(4)15-7-16(24(25,26)27)9-17(28)8-15/h7-13,29H,6,28H2,1-5H3,(H,30,31,32)/t13-/m1/s1. The Hall–Kier alpha value is -3.36. The largest absolute Gasteiger partial charge is 0.416 e. The van der Waals surface area contributed by atoms with Crippen LogP contribution in [0.5, 0.6) is 0 Å². The second-order valence-electron chi connectivity index (χ2n) is 8.36. The lowest BCUT2D eigenvalue weighted by atomic mass is 10.0. The summed E-state index contributed by atoms with van der Waals surface area (Å²) in [5, 5.41) is 7.09. The van der Waals surface area contributed by atoms with Crippen LogP contribution in [0, 0.1) is 6.92 Å². The summed E-state index contributed by atoms with van der Waals surface area (Å²) >= 11 is 0. The third kappa shape index (κ3) is 5.53. The highest BCUT2D eigenvalue weighted by Crippen LogP contribution is 2.34. The van der Waals surface area contributed by atoms with Crippen LogP contribution in [-0.2, 0) is 6.18 Å². The summed E-state index contributed by atoms with van der Waals surface area (Å²) in [7, 11) is 0. The van der Waals surface area contributed by atoms with Gasteiger partial charge in [0.1, 0.15) is 11.6 Å². The Morgan fingerprint density at radius 1 is 1.06 bits per heavy atom. The van der Waals surface area contributed by atoms with E-state index in [0.29, 0.717) is 45.8 Å². The number of hydrogen-bond donors (Lipinski definition) is 3. The first-order chi connectivity index (χ1) is 15.4. The summed E-state index contributed by atoms with van der Waals surface area (Å²) in [6, 6.07) is 6.60.